The Morgan fingerprint density at radius 2 is 2.14 bits per heavy atom. The molecule has 0 atom stereocenters. The summed E-state index contributed by atoms with van der Waals surface area (Å²) in [7, 11) is 3.14. The molecule has 0 radical (unpaired) electrons. The van der Waals surface area contributed by atoms with E-state index in [1.165, 1.54) is 0 Å². The third kappa shape index (κ3) is 4.19. The Morgan fingerprint density at radius 3 is 2.76 bits per heavy atom. The first-order valence-corrected chi connectivity index (χ1v) is 7.43. The third-order valence-corrected chi connectivity index (χ3v) is 3.78. The van der Waals surface area contributed by atoms with Gasteiger partial charge in [0.05, 0.1) is 30.6 Å². The van der Waals surface area contributed by atoms with Crippen LogP contribution in [0.3, 0.4) is 0 Å². The summed E-state index contributed by atoms with van der Waals surface area (Å²) in [5.41, 5.74) is 1.59. The predicted octanol–water partition coefficient (Wildman–Crippen LogP) is 3.04. The van der Waals surface area contributed by atoms with Crippen LogP contribution in [0.5, 0.6) is 11.5 Å². The number of nitrogens with zero attached hydrogens (tertiary/aromatic N) is 1. The van der Waals surface area contributed by atoms with Crippen molar-refractivity contribution in [3.63, 3.8) is 0 Å². The standard InChI is InChI=1S/C15H18N2O3S/c1-10-16-11(9-21-10)4-7-15(18)17-13-6-5-12(19-2)8-14(13)20-3/h5-6,8-9H,4,7H2,1-3H3,(H,17,18). The summed E-state index contributed by atoms with van der Waals surface area (Å²) in [6.45, 7) is 1.95. The monoisotopic (exact) mass is 306 g/mol. The number of amides is 1. The van der Waals surface area contributed by atoms with Crippen LogP contribution in [-0.2, 0) is 11.2 Å². The summed E-state index contributed by atoms with van der Waals surface area (Å²) in [5.74, 6) is 1.19. The molecule has 2 rings (SSSR count). The van der Waals surface area contributed by atoms with Gasteiger partial charge in [0, 0.05) is 17.9 Å². The maximum Gasteiger partial charge on any atom is 0.224 e. The molecule has 1 N–H and O–H groups in total. The lowest BCUT2D eigenvalue weighted by atomic mass is 10.2. The van der Waals surface area contributed by atoms with Gasteiger partial charge in [0.25, 0.3) is 0 Å². The minimum atomic E-state index is -0.0656. The van der Waals surface area contributed by atoms with E-state index < -0.39 is 0 Å². The number of aryl methyl sites for hydroxylation is 2. The number of methoxy groups -OCH3 is 2. The second-order valence-corrected chi connectivity index (χ2v) is 5.53. The molecule has 0 spiro atoms. The van der Waals surface area contributed by atoms with E-state index in [2.05, 4.69) is 10.3 Å². The summed E-state index contributed by atoms with van der Waals surface area (Å²) >= 11 is 1.59. The summed E-state index contributed by atoms with van der Waals surface area (Å²) in [6.07, 6.45) is 1.02. The summed E-state index contributed by atoms with van der Waals surface area (Å²) in [4.78, 5) is 16.3. The lowest BCUT2D eigenvalue weighted by molar-refractivity contribution is -0.116. The average Bonchev–Trinajstić information content (AvgIpc) is 2.91. The van der Waals surface area contributed by atoms with E-state index in [1.54, 1.807) is 43.8 Å². The quantitative estimate of drug-likeness (QED) is 0.891. The third-order valence-electron chi connectivity index (χ3n) is 2.96. The van der Waals surface area contributed by atoms with Crippen LogP contribution >= 0.6 is 11.3 Å². The number of ether oxygens (including phenoxy) is 2. The lowest BCUT2D eigenvalue weighted by Crippen LogP contribution is -2.13. The molecule has 0 aliphatic heterocycles. The molecule has 0 unspecified atom stereocenters. The van der Waals surface area contributed by atoms with Crippen LogP contribution in [0.2, 0.25) is 0 Å². The van der Waals surface area contributed by atoms with Crippen molar-refractivity contribution < 1.29 is 14.3 Å². The van der Waals surface area contributed by atoms with Crippen molar-refractivity contribution in [1.82, 2.24) is 4.98 Å². The van der Waals surface area contributed by atoms with Gasteiger partial charge in [0.1, 0.15) is 11.5 Å². The zero-order chi connectivity index (χ0) is 15.2. The maximum absolute atomic E-state index is 12.0. The number of thiazole rings is 1. The second kappa shape index (κ2) is 7.08. The van der Waals surface area contributed by atoms with Crippen molar-refractivity contribution in [2.45, 2.75) is 19.8 Å². The molecular formula is C15H18N2O3S. The molecule has 2 aromatic rings. The van der Waals surface area contributed by atoms with Gasteiger partial charge in [-0.2, -0.15) is 0 Å². The van der Waals surface area contributed by atoms with E-state index >= 15 is 0 Å². The van der Waals surface area contributed by atoms with Gasteiger partial charge in [-0.15, -0.1) is 11.3 Å². The number of carbonyl (C=O) groups is 1. The summed E-state index contributed by atoms with van der Waals surface area (Å²) < 4.78 is 10.4. The van der Waals surface area contributed by atoms with Crippen molar-refractivity contribution >= 4 is 22.9 Å². The highest BCUT2D eigenvalue weighted by molar-refractivity contribution is 7.09. The van der Waals surface area contributed by atoms with Crippen LogP contribution in [0.25, 0.3) is 0 Å². The average molecular weight is 306 g/mol. The van der Waals surface area contributed by atoms with Crippen LogP contribution < -0.4 is 14.8 Å². The number of rotatable bonds is 6. The minimum absolute atomic E-state index is 0.0656. The number of benzene rings is 1. The van der Waals surface area contributed by atoms with E-state index in [1.807, 2.05) is 12.3 Å². The van der Waals surface area contributed by atoms with Gasteiger partial charge >= 0.3 is 0 Å². The molecule has 21 heavy (non-hydrogen) atoms. The Labute approximate surface area is 127 Å². The summed E-state index contributed by atoms with van der Waals surface area (Å²) in [6, 6.07) is 5.28. The minimum Gasteiger partial charge on any atom is -0.497 e. The molecule has 0 fully saturated rings. The number of nitrogens with one attached hydrogen (secondary N) is 1. The van der Waals surface area contributed by atoms with E-state index in [0.717, 1.165) is 10.7 Å². The fraction of sp³-hybridized carbons (Fsp3) is 0.333. The van der Waals surface area contributed by atoms with E-state index in [4.69, 9.17) is 9.47 Å². The van der Waals surface area contributed by atoms with Gasteiger partial charge in [-0.05, 0) is 25.5 Å². The van der Waals surface area contributed by atoms with Crippen molar-refractivity contribution in [3.05, 3.63) is 34.3 Å². The molecule has 1 aromatic carbocycles. The van der Waals surface area contributed by atoms with Crippen molar-refractivity contribution in [1.29, 1.82) is 0 Å². The number of hydrogen-bond acceptors (Lipinski definition) is 5. The predicted molar refractivity (Wildman–Crippen MR) is 83.3 cm³/mol. The molecule has 0 aliphatic carbocycles. The van der Waals surface area contributed by atoms with Crippen LogP contribution in [0, 0.1) is 6.92 Å². The molecule has 5 nitrogen and oxygen atoms in total. The van der Waals surface area contributed by atoms with Crippen molar-refractivity contribution in [2.24, 2.45) is 0 Å². The molecule has 112 valence electrons. The highest BCUT2D eigenvalue weighted by Gasteiger charge is 2.10. The molecule has 6 heteroatoms. The lowest BCUT2D eigenvalue weighted by Gasteiger charge is -2.11. The van der Waals surface area contributed by atoms with Gasteiger partial charge < -0.3 is 14.8 Å². The molecule has 1 aromatic heterocycles. The van der Waals surface area contributed by atoms with Crippen LogP contribution in [0.15, 0.2) is 23.6 Å². The topological polar surface area (TPSA) is 60.5 Å². The van der Waals surface area contributed by atoms with Gasteiger partial charge in [-0.3, -0.25) is 4.79 Å². The Balaban J connectivity index is 1.95. The molecule has 1 heterocycles. The van der Waals surface area contributed by atoms with E-state index in [0.29, 0.717) is 30.0 Å². The Kier molecular flexibility index (Phi) is 5.16. The van der Waals surface area contributed by atoms with Crippen LogP contribution in [0.1, 0.15) is 17.1 Å². The van der Waals surface area contributed by atoms with Gasteiger partial charge in [-0.1, -0.05) is 0 Å². The van der Waals surface area contributed by atoms with Gasteiger partial charge in [-0.25, -0.2) is 4.98 Å². The Morgan fingerprint density at radius 1 is 1.33 bits per heavy atom. The first-order chi connectivity index (χ1) is 10.1. The zero-order valence-electron chi connectivity index (χ0n) is 12.3. The smallest absolute Gasteiger partial charge is 0.224 e. The summed E-state index contributed by atoms with van der Waals surface area (Å²) in [5, 5.41) is 5.84. The molecule has 1 amide bonds. The highest BCUT2D eigenvalue weighted by Crippen LogP contribution is 2.29. The SMILES string of the molecule is COc1ccc(NC(=O)CCc2csc(C)n2)c(OC)c1. The van der Waals surface area contributed by atoms with Crippen LogP contribution in [-0.4, -0.2) is 25.1 Å². The fourth-order valence-electron chi connectivity index (χ4n) is 1.88. The normalized spacial score (nSPS) is 10.2. The number of anilines is 1. The van der Waals surface area contributed by atoms with Gasteiger partial charge in [0.15, 0.2) is 0 Å². The van der Waals surface area contributed by atoms with Crippen LogP contribution in [0.4, 0.5) is 5.69 Å². The largest absolute Gasteiger partial charge is 0.497 e. The first-order valence-electron chi connectivity index (χ1n) is 6.55. The van der Waals surface area contributed by atoms with Crippen molar-refractivity contribution in [2.75, 3.05) is 19.5 Å². The van der Waals surface area contributed by atoms with E-state index in [-0.39, 0.29) is 5.91 Å². The molecule has 0 aliphatic rings. The zero-order valence-corrected chi connectivity index (χ0v) is 13.1. The highest BCUT2D eigenvalue weighted by atomic mass is 32.1. The Hall–Kier alpha value is -2.08. The molecule has 0 saturated heterocycles. The molecule has 0 bridgehead atoms. The Bertz CT molecular complexity index is 625. The van der Waals surface area contributed by atoms with Crippen molar-refractivity contribution in [3.8, 4) is 11.5 Å². The fourth-order valence-corrected chi connectivity index (χ4v) is 2.53. The number of carbonyl (C=O) groups excluding carboxylic acids is 1. The van der Waals surface area contributed by atoms with Gasteiger partial charge in [0.2, 0.25) is 5.91 Å². The second-order valence-electron chi connectivity index (χ2n) is 4.47. The van der Waals surface area contributed by atoms with E-state index in [9.17, 15) is 4.79 Å². The molecule has 0 saturated carbocycles. The first kappa shape index (κ1) is 15.3. The number of aromatic nitrogens is 1. The number of hydrogen-bond donors (Lipinski definition) is 1. The maximum atomic E-state index is 12.0. The molecular weight excluding hydrogens is 288 g/mol.